The smallest absolute Gasteiger partial charge is 0.253 e. The number of benzene rings is 1. The van der Waals surface area contributed by atoms with Gasteiger partial charge >= 0.3 is 0 Å². The van der Waals surface area contributed by atoms with Crippen LogP contribution < -0.4 is 15.8 Å². The summed E-state index contributed by atoms with van der Waals surface area (Å²) in [7, 11) is 6.51. The summed E-state index contributed by atoms with van der Waals surface area (Å²) in [4.78, 5) is 38.7. The number of likely N-dealkylation sites (N-methyl/N-ethyl adjacent to an activating group) is 1. The Bertz CT molecular complexity index is 1350. The van der Waals surface area contributed by atoms with Gasteiger partial charge in [0.2, 0.25) is 0 Å². The molecular weight excluding hydrogens is 524 g/mol. The molecule has 1 saturated carbocycles. The molecule has 4 rings (SSSR count). The number of anilines is 1. The summed E-state index contributed by atoms with van der Waals surface area (Å²) in [5, 5.41) is 3.03. The fourth-order valence-corrected chi connectivity index (χ4v) is 6.44. The Labute approximate surface area is 252 Å². The van der Waals surface area contributed by atoms with Crippen molar-refractivity contribution in [1.82, 2.24) is 25.0 Å². The van der Waals surface area contributed by atoms with Crippen molar-refractivity contribution in [1.29, 1.82) is 0 Å². The minimum atomic E-state index is -0.178. The van der Waals surface area contributed by atoms with E-state index in [9.17, 15) is 9.59 Å². The second-order valence-electron chi connectivity index (χ2n) is 12.4. The first kappa shape index (κ1) is 31.8. The van der Waals surface area contributed by atoms with Gasteiger partial charge < -0.3 is 25.0 Å². The van der Waals surface area contributed by atoms with Gasteiger partial charge in [0, 0.05) is 79.4 Å². The highest BCUT2D eigenvalue weighted by atomic mass is 16.1. The minimum absolute atomic E-state index is 0.154. The monoisotopic (exact) mass is 574 g/mol. The molecule has 1 aliphatic heterocycles. The average Bonchev–Trinajstić information content (AvgIpc) is 2.95. The number of H-pyrrole nitrogens is 1. The van der Waals surface area contributed by atoms with Crippen LogP contribution >= 0.6 is 0 Å². The lowest BCUT2D eigenvalue weighted by Gasteiger charge is -2.40. The number of carbonyl (C=O) groups excluding carboxylic acids is 1. The van der Waals surface area contributed by atoms with Crippen molar-refractivity contribution in [2.45, 2.75) is 72.0 Å². The van der Waals surface area contributed by atoms with E-state index < -0.39 is 0 Å². The van der Waals surface area contributed by atoms with Crippen LogP contribution in [0.2, 0.25) is 0 Å². The quantitative estimate of drug-likeness (QED) is 0.470. The molecule has 0 unspecified atom stereocenters. The SMILES string of the molecule is CCN(c1cc(C#CCN2CCN(C)CC2)cc(C(=O)NCc2c(C)cc(C)[nH]c2=O)c1C)[C@H]1CC[C@H](N(C)C)CC1. The van der Waals surface area contributed by atoms with E-state index in [0.29, 0.717) is 23.2 Å². The molecular formula is C34H50N6O2. The topological polar surface area (TPSA) is 74.9 Å². The lowest BCUT2D eigenvalue weighted by atomic mass is 9.88. The second-order valence-corrected chi connectivity index (χ2v) is 12.4. The van der Waals surface area contributed by atoms with Gasteiger partial charge in [-0.1, -0.05) is 11.8 Å². The summed E-state index contributed by atoms with van der Waals surface area (Å²) < 4.78 is 0. The highest BCUT2D eigenvalue weighted by Crippen LogP contribution is 2.33. The van der Waals surface area contributed by atoms with E-state index in [0.717, 1.165) is 80.2 Å². The summed E-state index contributed by atoms with van der Waals surface area (Å²) in [6.45, 7) is 14.0. The Morgan fingerprint density at radius 2 is 1.69 bits per heavy atom. The summed E-state index contributed by atoms with van der Waals surface area (Å²) in [6.07, 6.45) is 4.62. The summed E-state index contributed by atoms with van der Waals surface area (Å²) in [5.41, 5.74) is 5.66. The van der Waals surface area contributed by atoms with Crippen molar-refractivity contribution >= 4 is 11.6 Å². The highest BCUT2D eigenvalue weighted by molar-refractivity contribution is 5.97. The fraction of sp³-hybridized carbons (Fsp3) is 0.588. The van der Waals surface area contributed by atoms with Crippen LogP contribution in [0, 0.1) is 32.6 Å². The molecule has 42 heavy (non-hydrogen) atoms. The van der Waals surface area contributed by atoms with E-state index in [2.05, 4.69) is 75.9 Å². The fourth-order valence-electron chi connectivity index (χ4n) is 6.44. The van der Waals surface area contributed by atoms with Crippen molar-refractivity contribution in [2.75, 3.05) is 65.3 Å². The van der Waals surface area contributed by atoms with Gasteiger partial charge in [-0.05, 0) is 104 Å². The van der Waals surface area contributed by atoms with Crippen LogP contribution in [0.25, 0.3) is 0 Å². The van der Waals surface area contributed by atoms with Crippen molar-refractivity contribution < 1.29 is 4.79 Å². The maximum Gasteiger partial charge on any atom is 0.253 e. The number of pyridine rings is 1. The Kier molecular flexibility index (Phi) is 10.9. The maximum absolute atomic E-state index is 13.7. The average molecular weight is 575 g/mol. The van der Waals surface area contributed by atoms with E-state index in [-0.39, 0.29) is 18.0 Å². The number of nitrogens with zero attached hydrogens (tertiary/aromatic N) is 4. The zero-order valence-corrected chi connectivity index (χ0v) is 26.8. The molecule has 1 saturated heterocycles. The summed E-state index contributed by atoms with van der Waals surface area (Å²) >= 11 is 0. The van der Waals surface area contributed by atoms with Crippen LogP contribution in [0.3, 0.4) is 0 Å². The number of amides is 1. The van der Waals surface area contributed by atoms with Gasteiger partial charge in [0.15, 0.2) is 0 Å². The zero-order valence-electron chi connectivity index (χ0n) is 26.8. The number of piperazine rings is 1. The van der Waals surface area contributed by atoms with Crippen LogP contribution in [0.1, 0.15) is 70.9 Å². The van der Waals surface area contributed by atoms with E-state index in [1.165, 1.54) is 12.8 Å². The van der Waals surface area contributed by atoms with Crippen LogP contribution in [-0.4, -0.2) is 98.1 Å². The first-order valence-corrected chi connectivity index (χ1v) is 15.5. The maximum atomic E-state index is 13.7. The molecule has 8 nitrogen and oxygen atoms in total. The molecule has 2 heterocycles. The molecule has 2 aliphatic rings. The van der Waals surface area contributed by atoms with Crippen molar-refractivity contribution in [3.8, 4) is 11.8 Å². The van der Waals surface area contributed by atoms with Gasteiger partial charge in [0.25, 0.3) is 11.5 Å². The van der Waals surface area contributed by atoms with Crippen molar-refractivity contribution in [3.63, 3.8) is 0 Å². The number of aromatic amines is 1. The van der Waals surface area contributed by atoms with Gasteiger partial charge in [0.05, 0.1) is 6.54 Å². The third-order valence-electron chi connectivity index (χ3n) is 9.16. The normalized spacial score (nSPS) is 19.8. The standard InChI is InChI=1S/C34H50N6O2/c1-8-40(29-13-11-28(12-14-29)37(5)6)32-22-27(10-9-15-39-18-16-38(7)17-19-39)21-30(26(32)4)33(41)35-23-31-24(2)20-25(3)36-34(31)42/h20-22,28-29H,8,11-19,23H2,1-7H3,(H,35,41)(H,36,42)/t28-,29-. The molecule has 0 bridgehead atoms. The number of carbonyl (C=O) groups is 1. The zero-order chi connectivity index (χ0) is 30.4. The first-order chi connectivity index (χ1) is 20.1. The third kappa shape index (κ3) is 7.83. The molecule has 8 heteroatoms. The molecule has 1 aromatic carbocycles. The number of hydrogen-bond acceptors (Lipinski definition) is 6. The Balaban J connectivity index is 1.62. The van der Waals surface area contributed by atoms with Crippen molar-refractivity contribution in [3.05, 3.63) is 62.1 Å². The van der Waals surface area contributed by atoms with Gasteiger partial charge in [-0.3, -0.25) is 14.5 Å². The molecule has 2 N–H and O–H groups in total. The predicted octanol–water partition coefficient (Wildman–Crippen LogP) is 3.53. The van der Waals surface area contributed by atoms with Gasteiger partial charge in [-0.15, -0.1) is 0 Å². The molecule has 0 radical (unpaired) electrons. The molecule has 0 spiro atoms. The van der Waals surface area contributed by atoms with Crippen LogP contribution in [0.4, 0.5) is 5.69 Å². The molecule has 1 amide bonds. The lowest BCUT2D eigenvalue weighted by molar-refractivity contribution is 0.0950. The van der Waals surface area contributed by atoms with Gasteiger partial charge in [-0.25, -0.2) is 0 Å². The van der Waals surface area contributed by atoms with Gasteiger partial charge in [-0.2, -0.15) is 0 Å². The molecule has 2 aromatic rings. The van der Waals surface area contributed by atoms with Crippen LogP contribution in [-0.2, 0) is 6.54 Å². The molecule has 2 fully saturated rings. The second kappa shape index (κ2) is 14.4. The molecule has 228 valence electrons. The largest absolute Gasteiger partial charge is 0.369 e. The number of aromatic nitrogens is 1. The Hall–Kier alpha value is -3.12. The molecule has 1 aliphatic carbocycles. The summed E-state index contributed by atoms with van der Waals surface area (Å²) in [6, 6.07) is 7.10. The third-order valence-corrected chi connectivity index (χ3v) is 9.16. The predicted molar refractivity (Wildman–Crippen MR) is 172 cm³/mol. The van der Waals surface area contributed by atoms with Crippen LogP contribution in [0.15, 0.2) is 23.0 Å². The number of hydrogen-bond donors (Lipinski definition) is 2. The Morgan fingerprint density at radius 3 is 2.31 bits per heavy atom. The molecule has 1 aromatic heterocycles. The van der Waals surface area contributed by atoms with Crippen LogP contribution in [0.5, 0.6) is 0 Å². The van der Waals surface area contributed by atoms with Gasteiger partial charge in [0.1, 0.15) is 0 Å². The number of nitrogens with one attached hydrogen (secondary N) is 2. The summed E-state index contributed by atoms with van der Waals surface area (Å²) in [5.74, 6) is 6.61. The van der Waals surface area contributed by atoms with E-state index in [1.807, 2.05) is 32.9 Å². The lowest BCUT2D eigenvalue weighted by Crippen LogP contribution is -2.44. The van der Waals surface area contributed by atoms with E-state index >= 15 is 0 Å². The van der Waals surface area contributed by atoms with E-state index in [4.69, 9.17) is 0 Å². The first-order valence-electron chi connectivity index (χ1n) is 15.5. The van der Waals surface area contributed by atoms with E-state index in [1.54, 1.807) is 0 Å². The molecule has 0 atom stereocenters. The van der Waals surface area contributed by atoms with Crippen molar-refractivity contribution in [2.24, 2.45) is 0 Å². The Morgan fingerprint density at radius 1 is 1.02 bits per heavy atom. The number of rotatable bonds is 8. The number of aryl methyl sites for hydroxylation is 2. The minimum Gasteiger partial charge on any atom is -0.369 e. The highest BCUT2D eigenvalue weighted by Gasteiger charge is 2.28.